The van der Waals surface area contributed by atoms with E-state index in [9.17, 15) is 0 Å². The number of hydrogen-bond donors (Lipinski definition) is 0. The van der Waals surface area contributed by atoms with Gasteiger partial charge in [-0.25, -0.2) is 4.98 Å². The Morgan fingerprint density at radius 1 is 0.559 bits per heavy atom. The third-order valence-electron chi connectivity index (χ3n) is 11.1. The Balaban J connectivity index is 0.00000585. The van der Waals surface area contributed by atoms with Gasteiger partial charge in [-0.3, -0.25) is 0 Å². The van der Waals surface area contributed by atoms with E-state index in [0.717, 1.165) is 44.4 Å². The van der Waals surface area contributed by atoms with E-state index in [1.54, 1.807) is 0 Å². The fourth-order valence-corrected chi connectivity index (χ4v) is 7.97. The SMILES string of the molecule is Cc1ccnc(-n2c3[c-]c(Oc4[c-]c(N5[CH-]N(c6cc(C(C)(C)C)cc(C(C)(C)C)c6)C(C(C)(C)C)=C5C(C)(C)C)cc(C(C)(C)C)c4)ccc3c3ccccc32)c1.[Pt]. The van der Waals surface area contributed by atoms with Gasteiger partial charge in [0.2, 0.25) is 0 Å². The summed E-state index contributed by atoms with van der Waals surface area (Å²) in [5.41, 5.74) is 11.1. The number of ether oxygens (including phenoxy) is 1. The molecule has 5 nitrogen and oxygen atoms in total. The number of para-hydroxylation sites is 1. The van der Waals surface area contributed by atoms with Gasteiger partial charge in [-0.05, 0) is 75.6 Å². The Hall–Kier alpha value is -4.34. The average Bonchev–Trinajstić information content (AvgIpc) is 3.68. The number of aromatic nitrogens is 2. The number of nitrogens with zero attached hydrogens (tertiary/aromatic N) is 4. The van der Waals surface area contributed by atoms with Crippen molar-refractivity contribution >= 4 is 33.2 Å². The molecule has 59 heavy (non-hydrogen) atoms. The van der Waals surface area contributed by atoms with Crippen LogP contribution in [0.4, 0.5) is 11.4 Å². The van der Waals surface area contributed by atoms with Gasteiger partial charge in [0.1, 0.15) is 5.82 Å². The molecule has 7 rings (SSSR count). The van der Waals surface area contributed by atoms with Crippen LogP contribution in [0.3, 0.4) is 0 Å². The van der Waals surface area contributed by atoms with Crippen LogP contribution in [-0.2, 0) is 37.3 Å². The van der Waals surface area contributed by atoms with E-state index in [1.807, 2.05) is 18.3 Å². The molecule has 0 fully saturated rings. The molecule has 2 aromatic heterocycles. The van der Waals surface area contributed by atoms with Gasteiger partial charge in [0.25, 0.3) is 0 Å². The molecule has 1 aliphatic heterocycles. The van der Waals surface area contributed by atoms with Gasteiger partial charge in [0.15, 0.2) is 0 Å². The van der Waals surface area contributed by atoms with Crippen molar-refractivity contribution in [3.05, 3.63) is 138 Å². The first-order chi connectivity index (χ1) is 26.8. The number of pyridine rings is 1. The molecular weight excluding hydrogens is 904 g/mol. The van der Waals surface area contributed by atoms with Crippen LogP contribution in [0.1, 0.15) is 126 Å². The average molecular weight is 967 g/mol. The first-order valence-electron chi connectivity index (χ1n) is 20.8. The van der Waals surface area contributed by atoms with Crippen LogP contribution in [0.15, 0.2) is 96.5 Å². The van der Waals surface area contributed by atoms with E-state index in [1.165, 1.54) is 28.2 Å². The predicted octanol–water partition coefficient (Wildman–Crippen LogP) is 14.5. The molecule has 0 saturated carbocycles. The van der Waals surface area contributed by atoms with Gasteiger partial charge in [-0.15, -0.1) is 53.6 Å². The molecular formula is C53H63N4OPt-3. The maximum absolute atomic E-state index is 6.85. The van der Waals surface area contributed by atoms with Gasteiger partial charge < -0.3 is 19.1 Å². The summed E-state index contributed by atoms with van der Waals surface area (Å²) >= 11 is 0. The first-order valence-corrected chi connectivity index (χ1v) is 20.8. The molecule has 1 aliphatic rings. The molecule has 314 valence electrons. The zero-order valence-electron chi connectivity index (χ0n) is 38.2. The molecule has 0 N–H and O–H groups in total. The maximum atomic E-state index is 6.85. The van der Waals surface area contributed by atoms with Crippen LogP contribution >= 0.6 is 0 Å². The number of fused-ring (bicyclic) bond motifs is 3. The molecule has 4 aromatic carbocycles. The number of aryl methyl sites for hydroxylation is 1. The van der Waals surface area contributed by atoms with Crippen molar-refractivity contribution in [1.82, 2.24) is 9.55 Å². The molecule has 0 atom stereocenters. The maximum Gasteiger partial charge on any atom is 0.135 e. The second-order valence-corrected chi connectivity index (χ2v) is 21.4. The summed E-state index contributed by atoms with van der Waals surface area (Å²) in [5.74, 6) is 2.13. The van der Waals surface area contributed by atoms with Crippen LogP contribution in [0, 0.1) is 36.6 Å². The van der Waals surface area contributed by atoms with E-state index >= 15 is 0 Å². The molecule has 3 heterocycles. The number of rotatable bonds is 5. The fraction of sp³-hybridized carbons (Fsp3) is 0.396. The Labute approximate surface area is 369 Å². The Bertz CT molecular complexity index is 2530. The van der Waals surface area contributed by atoms with E-state index in [0.29, 0.717) is 11.5 Å². The summed E-state index contributed by atoms with van der Waals surface area (Å²) in [6.07, 6.45) is 1.87. The molecule has 0 bridgehead atoms. The molecule has 6 heteroatoms. The van der Waals surface area contributed by atoms with Crippen molar-refractivity contribution in [1.29, 1.82) is 0 Å². The van der Waals surface area contributed by atoms with E-state index in [2.05, 4.69) is 211 Å². The quantitative estimate of drug-likeness (QED) is 0.161. The second-order valence-electron chi connectivity index (χ2n) is 21.4. The molecule has 0 radical (unpaired) electrons. The summed E-state index contributed by atoms with van der Waals surface area (Å²) in [7, 11) is 0. The zero-order valence-corrected chi connectivity index (χ0v) is 40.4. The minimum Gasteiger partial charge on any atom is -0.509 e. The zero-order chi connectivity index (χ0) is 42.3. The van der Waals surface area contributed by atoms with Crippen LogP contribution < -0.4 is 14.5 Å². The number of benzene rings is 4. The molecule has 6 aromatic rings. The standard InChI is InChI=1S/C53H63N4O.Pt/c1-34-23-24-54-46(25-34)57-44-20-18-17-19-42(44)43-22-21-40(32-45(43)57)58-41-30-37(51(8,9)10)29-39(31-41)56-33-55(47(52(11,12)13)48(56)53(14,15)16)38-27-35(49(2,3)4)26-36(28-38)50(5,6)7;/h17-30,33H,1-16H3;/q-3;. The van der Waals surface area contributed by atoms with Gasteiger partial charge in [0, 0.05) is 72.2 Å². The number of anilines is 2. The summed E-state index contributed by atoms with van der Waals surface area (Å²) < 4.78 is 9.04. The summed E-state index contributed by atoms with van der Waals surface area (Å²) in [5, 5.41) is 2.26. The van der Waals surface area contributed by atoms with Crippen molar-refractivity contribution in [3.63, 3.8) is 0 Å². The Morgan fingerprint density at radius 2 is 1.14 bits per heavy atom. The third-order valence-corrected chi connectivity index (χ3v) is 11.1. The van der Waals surface area contributed by atoms with Crippen LogP contribution in [-0.4, -0.2) is 9.55 Å². The number of hydrogen-bond acceptors (Lipinski definition) is 4. The van der Waals surface area contributed by atoms with Gasteiger partial charge in [0.05, 0.1) is 0 Å². The Kier molecular flexibility index (Phi) is 11.5. The smallest absolute Gasteiger partial charge is 0.135 e. The third kappa shape index (κ3) is 8.79. The number of allylic oxidation sites excluding steroid dienone is 2. The summed E-state index contributed by atoms with van der Waals surface area (Å²) in [4.78, 5) is 9.60. The molecule has 0 spiro atoms. The molecule has 0 unspecified atom stereocenters. The fourth-order valence-electron chi connectivity index (χ4n) is 7.97. The van der Waals surface area contributed by atoms with E-state index in [4.69, 9.17) is 9.72 Å². The van der Waals surface area contributed by atoms with Crippen molar-refractivity contribution in [2.75, 3.05) is 9.80 Å². The minimum absolute atomic E-state index is 0. The predicted molar refractivity (Wildman–Crippen MR) is 245 cm³/mol. The summed E-state index contributed by atoms with van der Waals surface area (Å²) in [6.45, 7) is 39.0. The topological polar surface area (TPSA) is 33.5 Å². The minimum atomic E-state index is -0.203. The Morgan fingerprint density at radius 3 is 1.71 bits per heavy atom. The monoisotopic (exact) mass is 966 g/mol. The summed E-state index contributed by atoms with van der Waals surface area (Å²) in [6, 6.07) is 35.8. The van der Waals surface area contributed by atoms with E-state index in [-0.39, 0.29) is 48.1 Å². The van der Waals surface area contributed by atoms with E-state index < -0.39 is 0 Å². The van der Waals surface area contributed by atoms with Gasteiger partial charge >= 0.3 is 0 Å². The molecule has 0 aliphatic carbocycles. The van der Waals surface area contributed by atoms with Crippen LogP contribution in [0.2, 0.25) is 0 Å². The van der Waals surface area contributed by atoms with Gasteiger partial charge in [-0.2, -0.15) is 6.07 Å². The van der Waals surface area contributed by atoms with Crippen molar-refractivity contribution in [3.8, 4) is 17.3 Å². The van der Waals surface area contributed by atoms with Crippen LogP contribution in [0.25, 0.3) is 27.6 Å². The van der Waals surface area contributed by atoms with Gasteiger partial charge in [-0.1, -0.05) is 134 Å². The van der Waals surface area contributed by atoms with Crippen molar-refractivity contribution in [2.45, 2.75) is 127 Å². The van der Waals surface area contributed by atoms with Crippen molar-refractivity contribution in [2.24, 2.45) is 10.8 Å². The normalized spacial score (nSPS) is 14.4. The molecule has 0 saturated heterocycles. The second kappa shape index (κ2) is 15.3. The van der Waals surface area contributed by atoms with Crippen molar-refractivity contribution < 1.29 is 25.8 Å². The largest absolute Gasteiger partial charge is 0.509 e. The molecule has 0 amide bonds. The van der Waals surface area contributed by atoms with Crippen LogP contribution in [0.5, 0.6) is 11.5 Å². The first kappa shape index (κ1) is 44.2.